The summed E-state index contributed by atoms with van der Waals surface area (Å²) >= 11 is 0. The first kappa shape index (κ1) is 12.9. The van der Waals surface area contributed by atoms with Gasteiger partial charge in [0.1, 0.15) is 6.04 Å². The van der Waals surface area contributed by atoms with Gasteiger partial charge in [0.25, 0.3) is 0 Å². The lowest BCUT2D eigenvalue weighted by Crippen LogP contribution is -2.26. The largest absolute Gasteiger partial charge is 0.381 e. The van der Waals surface area contributed by atoms with Crippen LogP contribution >= 0.6 is 0 Å². The van der Waals surface area contributed by atoms with E-state index in [1.54, 1.807) is 0 Å². The highest BCUT2D eigenvalue weighted by Crippen LogP contribution is 2.31. The van der Waals surface area contributed by atoms with Gasteiger partial charge in [0.05, 0.1) is 6.61 Å². The number of hydrogen-bond acceptors (Lipinski definition) is 6. The quantitative estimate of drug-likeness (QED) is 0.897. The fraction of sp³-hybridized carbons (Fsp3) is 0.467. The summed E-state index contributed by atoms with van der Waals surface area (Å²) in [6, 6.07) is 10.7. The van der Waals surface area contributed by atoms with Crippen LogP contribution in [0.2, 0.25) is 0 Å². The Bertz CT molecular complexity index is 595. The van der Waals surface area contributed by atoms with Crippen LogP contribution in [0.1, 0.15) is 48.1 Å². The van der Waals surface area contributed by atoms with Crippen molar-refractivity contribution in [1.82, 2.24) is 21.0 Å². The van der Waals surface area contributed by atoms with Gasteiger partial charge in [-0.15, -0.1) is 0 Å². The van der Waals surface area contributed by atoms with Crippen molar-refractivity contribution in [3.05, 3.63) is 47.6 Å². The first-order valence-corrected chi connectivity index (χ1v) is 7.37. The van der Waals surface area contributed by atoms with Crippen molar-refractivity contribution in [3.8, 4) is 0 Å². The number of nitrogens with zero attached hydrogens (tertiary/aromatic N) is 2. The summed E-state index contributed by atoms with van der Waals surface area (Å²) in [6.07, 6.45) is 1.87. The number of rotatable bonds is 3. The monoisotopic (exact) mass is 286 g/mol. The third-order valence-electron chi connectivity index (χ3n) is 4.16. The topological polar surface area (TPSA) is 72.2 Å². The summed E-state index contributed by atoms with van der Waals surface area (Å²) in [6.45, 7) is 1.48. The summed E-state index contributed by atoms with van der Waals surface area (Å²) in [7, 11) is 0. The van der Waals surface area contributed by atoms with Gasteiger partial charge in [0.2, 0.25) is 5.89 Å². The molecule has 0 bridgehead atoms. The highest BCUT2D eigenvalue weighted by atomic mass is 16.5. The highest BCUT2D eigenvalue weighted by Gasteiger charge is 2.31. The molecule has 3 unspecified atom stereocenters. The maximum atomic E-state index is 5.43. The normalized spacial score (nSPS) is 29.0. The molecule has 2 saturated heterocycles. The summed E-state index contributed by atoms with van der Waals surface area (Å²) in [5.74, 6) is 1.71. The fourth-order valence-electron chi connectivity index (χ4n) is 2.91. The van der Waals surface area contributed by atoms with Gasteiger partial charge >= 0.3 is 0 Å². The van der Waals surface area contributed by atoms with Crippen molar-refractivity contribution in [2.75, 3.05) is 13.2 Å². The molecular formula is C15H18N4O2. The molecule has 2 aromatic rings. The molecular weight excluding hydrogens is 268 g/mol. The van der Waals surface area contributed by atoms with Crippen molar-refractivity contribution in [1.29, 1.82) is 0 Å². The van der Waals surface area contributed by atoms with Crippen molar-refractivity contribution in [2.24, 2.45) is 0 Å². The lowest BCUT2D eigenvalue weighted by Gasteiger charge is -2.08. The van der Waals surface area contributed by atoms with Gasteiger partial charge < -0.3 is 9.26 Å². The minimum Gasteiger partial charge on any atom is -0.381 e. The Kier molecular flexibility index (Phi) is 3.42. The van der Waals surface area contributed by atoms with Gasteiger partial charge in [-0.1, -0.05) is 35.5 Å². The second-order valence-corrected chi connectivity index (χ2v) is 5.59. The molecule has 3 heterocycles. The van der Waals surface area contributed by atoms with E-state index in [0.29, 0.717) is 12.5 Å². The van der Waals surface area contributed by atoms with Gasteiger partial charge in [0, 0.05) is 18.6 Å². The Labute approximate surface area is 122 Å². The fourth-order valence-corrected chi connectivity index (χ4v) is 2.91. The maximum Gasteiger partial charge on any atom is 0.245 e. The second kappa shape index (κ2) is 5.55. The predicted octanol–water partition coefficient (Wildman–Crippen LogP) is 1.85. The van der Waals surface area contributed by atoms with E-state index in [1.165, 1.54) is 5.56 Å². The molecule has 21 heavy (non-hydrogen) atoms. The Morgan fingerprint density at radius 3 is 2.76 bits per heavy atom. The summed E-state index contributed by atoms with van der Waals surface area (Å²) < 4.78 is 10.8. The van der Waals surface area contributed by atoms with Gasteiger partial charge in [-0.05, 0) is 18.4 Å². The zero-order valence-electron chi connectivity index (χ0n) is 11.7. The van der Waals surface area contributed by atoms with E-state index in [4.69, 9.17) is 9.26 Å². The number of hydrazine groups is 1. The van der Waals surface area contributed by atoms with Gasteiger partial charge in [-0.2, -0.15) is 4.98 Å². The van der Waals surface area contributed by atoms with E-state index in [1.807, 2.05) is 6.07 Å². The van der Waals surface area contributed by atoms with Crippen molar-refractivity contribution in [2.45, 2.75) is 30.8 Å². The van der Waals surface area contributed by atoms with E-state index in [-0.39, 0.29) is 18.0 Å². The Balaban J connectivity index is 1.46. The van der Waals surface area contributed by atoms with E-state index >= 15 is 0 Å². The molecule has 3 atom stereocenters. The molecule has 110 valence electrons. The molecule has 1 aromatic carbocycles. The smallest absolute Gasteiger partial charge is 0.245 e. The van der Waals surface area contributed by atoms with E-state index in [2.05, 4.69) is 45.3 Å². The van der Waals surface area contributed by atoms with Crippen molar-refractivity contribution in [3.63, 3.8) is 0 Å². The molecule has 2 N–H and O–H groups in total. The summed E-state index contributed by atoms with van der Waals surface area (Å²) in [5.41, 5.74) is 7.81. The summed E-state index contributed by atoms with van der Waals surface area (Å²) in [5, 5.41) is 4.11. The number of ether oxygens (including phenoxy) is 1. The average Bonchev–Trinajstić information content (AvgIpc) is 3.27. The van der Waals surface area contributed by atoms with Gasteiger partial charge in [0.15, 0.2) is 5.82 Å². The number of nitrogens with one attached hydrogen (secondary N) is 2. The van der Waals surface area contributed by atoms with Crippen LogP contribution in [0.4, 0.5) is 0 Å². The standard InChI is InChI=1S/C15H18N4O2/c1-2-4-10(5-3-1)12-8-13(18-17-12)15-16-14(19-21-15)11-6-7-20-9-11/h1-5,11-13,17-18H,6-9H2. The zero-order chi connectivity index (χ0) is 14.1. The van der Waals surface area contributed by atoms with Gasteiger partial charge in [-0.3, -0.25) is 0 Å². The first-order valence-electron chi connectivity index (χ1n) is 7.37. The number of aromatic nitrogens is 2. The maximum absolute atomic E-state index is 5.43. The van der Waals surface area contributed by atoms with Crippen molar-refractivity contribution >= 4 is 0 Å². The summed E-state index contributed by atoms with van der Waals surface area (Å²) in [4.78, 5) is 4.54. The third-order valence-corrected chi connectivity index (χ3v) is 4.16. The Morgan fingerprint density at radius 2 is 1.95 bits per heavy atom. The lowest BCUT2D eigenvalue weighted by atomic mass is 10.0. The molecule has 1 aromatic heterocycles. The highest BCUT2D eigenvalue weighted by molar-refractivity contribution is 5.20. The molecule has 0 spiro atoms. The molecule has 0 radical (unpaired) electrons. The zero-order valence-corrected chi connectivity index (χ0v) is 11.7. The third kappa shape index (κ3) is 2.57. The van der Waals surface area contributed by atoms with Crippen LogP contribution in [0.15, 0.2) is 34.9 Å². The van der Waals surface area contributed by atoms with E-state index in [0.717, 1.165) is 25.3 Å². The molecule has 2 aliphatic heterocycles. The van der Waals surface area contributed by atoms with Crippen LogP contribution in [0.3, 0.4) is 0 Å². The van der Waals surface area contributed by atoms with Gasteiger partial charge in [-0.25, -0.2) is 10.9 Å². The Hall–Kier alpha value is -1.76. The molecule has 0 saturated carbocycles. The molecule has 6 nitrogen and oxygen atoms in total. The van der Waals surface area contributed by atoms with Crippen LogP contribution in [-0.4, -0.2) is 23.4 Å². The predicted molar refractivity (Wildman–Crippen MR) is 75.3 cm³/mol. The first-order chi connectivity index (χ1) is 10.4. The molecule has 0 amide bonds. The van der Waals surface area contributed by atoms with Crippen LogP contribution in [0.5, 0.6) is 0 Å². The molecule has 0 aliphatic carbocycles. The van der Waals surface area contributed by atoms with Crippen LogP contribution in [0.25, 0.3) is 0 Å². The Morgan fingerprint density at radius 1 is 1.10 bits per heavy atom. The minimum atomic E-state index is 0.0544. The van der Waals surface area contributed by atoms with E-state index in [9.17, 15) is 0 Å². The van der Waals surface area contributed by atoms with E-state index < -0.39 is 0 Å². The molecule has 2 fully saturated rings. The number of hydrogen-bond donors (Lipinski definition) is 2. The number of benzene rings is 1. The average molecular weight is 286 g/mol. The van der Waals surface area contributed by atoms with Crippen LogP contribution in [0, 0.1) is 0 Å². The minimum absolute atomic E-state index is 0.0544. The SMILES string of the molecule is c1ccc(C2CC(c3nc(C4CCOC4)no3)NN2)cc1. The lowest BCUT2D eigenvalue weighted by molar-refractivity contribution is 0.192. The molecule has 6 heteroatoms. The van der Waals surface area contributed by atoms with Crippen molar-refractivity contribution < 1.29 is 9.26 Å². The van der Waals surface area contributed by atoms with Crippen LogP contribution < -0.4 is 10.9 Å². The van der Waals surface area contributed by atoms with Crippen LogP contribution in [-0.2, 0) is 4.74 Å². The molecule has 4 rings (SSSR count). The molecule has 2 aliphatic rings. The second-order valence-electron chi connectivity index (χ2n) is 5.59.